The Hall–Kier alpha value is -1.69. The maximum absolute atomic E-state index is 12.5. The molecule has 4 nitrogen and oxygen atoms in total. The number of aromatic hydroxyl groups is 1. The molecule has 6 heteroatoms. The van der Waals surface area contributed by atoms with Crippen LogP contribution in [0, 0.1) is 11.6 Å². The number of carbonyl (C=O) groups excluding carboxylic acids is 1. The zero-order valence-corrected chi connectivity index (χ0v) is 6.55. The molecule has 0 aliphatic rings. The van der Waals surface area contributed by atoms with Gasteiger partial charge in [0.1, 0.15) is 0 Å². The Kier molecular flexibility index (Phi) is 3.32. The molecule has 0 saturated carbocycles. The van der Waals surface area contributed by atoms with Crippen LogP contribution in [0.3, 0.4) is 0 Å². The Morgan fingerprint density at radius 1 is 1.31 bits per heavy atom. The Morgan fingerprint density at radius 3 is 2.00 bits per heavy atom. The number of primary amides is 1. The van der Waals surface area contributed by atoms with Gasteiger partial charge in [0.25, 0.3) is 0 Å². The average molecular weight is 190 g/mol. The molecule has 0 fully saturated rings. The monoisotopic (exact) mass is 190 g/mol. The van der Waals surface area contributed by atoms with Gasteiger partial charge in [0.15, 0.2) is 17.4 Å². The third-order valence-electron chi connectivity index (χ3n) is 1.30. The molecule has 0 unspecified atom stereocenters. The van der Waals surface area contributed by atoms with E-state index in [2.05, 4.69) is 0 Å². The van der Waals surface area contributed by atoms with Crippen LogP contribution in [0.4, 0.5) is 8.78 Å². The van der Waals surface area contributed by atoms with Crippen molar-refractivity contribution in [3.63, 3.8) is 0 Å². The molecule has 1 aromatic rings. The lowest BCUT2D eigenvalue weighted by atomic mass is 10.2. The number of benzene rings is 1. The van der Waals surface area contributed by atoms with Crippen molar-refractivity contribution < 1.29 is 18.7 Å². The van der Waals surface area contributed by atoms with Crippen LogP contribution < -0.4 is 11.9 Å². The van der Waals surface area contributed by atoms with E-state index in [0.717, 1.165) is 0 Å². The number of hydrogen-bond acceptors (Lipinski definition) is 3. The van der Waals surface area contributed by atoms with Crippen molar-refractivity contribution in [2.45, 2.75) is 0 Å². The fraction of sp³-hybridized carbons (Fsp3) is 0. The largest absolute Gasteiger partial charge is 0.503 e. The van der Waals surface area contributed by atoms with Gasteiger partial charge in [-0.25, -0.2) is 8.78 Å². The first kappa shape index (κ1) is 11.3. The third kappa shape index (κ3) is 2.12. The van der Waals surface area contributed by atoms with Crippen LogP contribution in [0.15, 0.2) is 12.1 Å². The van der Waals surface area contributed by atoms with Crippen molar-refractivity contribution >= 4 is 5.91 Å². The lowest BCUT2D eigenvalue weighted by molar-refractivity contribution is 0.0999. The van der Waals surface area contributed by atoms with Gasteiger partial charge in [-0.15, -0.1) is 0 Å². The summed E-state index contributed by atoms with van der Waals surface area (Å²) in [5.74, 6) is -4.47. The van der Waals surface area contributed by atoms with E-state index < -0.39 is 23.3 Å². The number of nitrogens with two attached hydrogens (primary N) is 1. The minimum Gasteiger partial charge on any atom is -0.503 e. The SMILES string of the molecule is N.NC(=O)c1cc(F)c(O)c(F)c1. The fourth-order valence-corrected chi connectivity index (χ4v) is 0.708. The van der Waals surface area contributed by atoms with Crippen LogP contribution in [-0.2, 0) is 0 Å². The highest BCUT2D eigenvalue weighted by atomic mass is 19.1. The Morgan fingerprint density at radius 2 is 1.69 bits per heavy atom. The van der Waals surface area contributed by atoms with Gasteiger partial charge in [0, 0.05) is 5.56 Å². The van der Waals surface area contributed by atoms with Gasteiger partial charge in [-0.3, -0.25) is 4.79 Å². The summed E-state index contributed by atoms with van der Waals surface area (Å²) >= 11 is 0. The van der Waals surface area contributed by atoms with Crippen LogP contribution in [-0.4, -0.2) is 11.0 Å². The number of hydrogen-bond donors (Lipinski definition) is 3. The summed E-state index contributed by atoms with van der Waals surface area (Å²) in [6.45, 7) is 0. The van der Waals surface area contributed by atoms with E-state index in [1.54, 1.807) is 0 Å². The molecule has 6 N–H and O–H groups in total. The molecule has 0 bridgehead atoms. The molecule has 0 spiro atoms. The zero-order chi connectivity index (χ0) is 9.30. The van der Waals surface area contributed by atoms with E-state index >= 15 is 0 Å². The quantitative estimate of drug-likeness (QED) is 0.614. The van der Waals surface area contributed by atoms with E-state index in [1.807, 2.05) is 0 Å². The molecule has 72 valence electrons. The van der Waals surface area contributed by atoms with E-state index in [0.29, 0.717) is 12.1 Å². The number of halogens is 2. The lowest BCUT2D eigenvalue weighted by Gasteiger charge is -1.99. The number of phenolic OH excluding ortho intramolecular Hbond substituents is 1. The molecule has 0 aliphatic heterocycles. The molecule has 0 atom stereocenters. The number of amides is 1. The van der Waals surface area contributed by atoms with E-state index in [4.69, 9.17) is 10.8 Å². The molecule has 1 rings (SSSR count). The highest BCUT2D eigenvalue weighted by Gasteiger charge is 2.11. The van der Waals surface area contributed by atoms with Gasteiger partial charge >= 0.3 is 0 Å². The number of carbonyl (C=O) groups is 1. The smallest absolute Gasteiger partial charge is 0.248 e. The Balaban J connectivity index is 0.00000144. The first-order chi connectivity index (χ1) is 5.52. The highest BCUT2D eigenvalue weighted by molar-refractivity contribution is 5.92. The zero-order valence-electron chi connectivity index (χ0n) is 6.55. The van der Waals surface area contributed by atoms with Crippen LogP contribution in [0.2, 0.25) is 0 Å². The van der Waals surface area contributed by atoms with Crippen LogP contribution >= 0.6 is 0 Å². The number of rotatable bonds is 1. The molecule has 1 amide bonds. The summed E-state index contributed by atoms with van der Waals surface area (Å²) in [5, 5.41) is 8.61. The normalized spacial score (nSPS) is 9.08. The molecule has 1 aromatic carbocycles. The molecule has 0 heterocycles. The van der Waals surface area contributed by atoms with E-state index in [-0.39, 0.29) is 11.7 Å². The summed E-state index contributed by atoms with van der Waals surface area (Å²) in [5.41, 5.74) is 4.43. The Labute approximate surface area is 72.6 Å². The summed E-state index contributed by atoms with van der Waals surface area (Å²) in [6, 6.07) is 1.33. The van der Waals surface area contributed by atoms with Crippen molar-refractivity contribution in [3.8, 4) is 5.75 Å². The summed E-state index contributed by atoms with van der Waals surface area (Å²) < 4.78 is 25.0. The first-order valence-electron chi connectivity index (χ1n) is 3.00. The molecular formula is C7H8F2N2O2. The molecule has 0 aliphatic carbocycles. The summed E-state index contributed by atoms with van der Waals surface area (Å²) in [4.78, 5) is 10.4. The van der Waals surface area contributed by atoms with Crippen molar-refractivity contribution in [2.24, 2.45) is 5.73 Å². The summed E-state index contributed by atoms with van der Waals surface area (Å²) in [6.07, 6.45) is 0. The predicted molar refractivity (Wildman–Crippen MR) is 41.6 cm³/mol. The highest BCUT2D eigenvalue weighted by Crippen LogP contribution is 2.20. The molecule has 0 saturated heterocycles. The fourth-order valence-electron chi connectivity index (χ4n) is 0.708. The van der Waals surface area contributed by atoms with Gasteiger partial charge < -0.3 is 17.0 Å². The van der Waals surface area contributed by atoms with Crippen LogP contribution in [0.1, 0.15) is 10.4 Å². The van der Waals surface area contributed by atoms with Crippen molar-refractivity contribution in [1.29, 1.82) is 0 Å². The van der Waals surface area contributed by atoms with Gasteiger partial charge in [-0.1, -0.05) is 0 Å². The molecular weight excluding hydrogens is 182 g/mol. The van der Waals surface area contributed by atoms with Gasteiger partial charge in [0.2, 0.25) is 5.91 Å². The molecule has 13 heavy (non-hydrogen) atoms. The first-order valence-corrected chi connectivity index (χ1v) is 3.00. The second-order valence-corrected chi connectivity index (χ2v) is 2.15. The minimum absolute atomic E-state index is 0. The van der Waals surface area contributed by atoms with E-state index in [1.165, 1.54) is 0 Å². The van der Waals surface area contributed by atoms with Crippen molar-refractivity contribution in [2.75, 3.05) is 0 Å². The van der Waals surface area contributed by atoms with Crippen molar-refractivity contribution in [1.82, 2.24) is 6.15 Å². The van der Waals surface area contributed by atoms with Crippen LogP contribution in [0.25, 0.3) is 0 Å². The second-order valence-electron chi connectivity index (χ2n) is 2.15. The van der Waals surface area contributed by atoms with Crippen molar-refractivity contribution in [3.05, 3.63) is 29.3 Å². The second kappa shape index (κ2) is 3.81. The summed E-state index contributed by atoms with van der Waals surface area (Å²) in [7, 11) is 0. The molecule has 0 aromatic heterocycles. The van der Waals surface area contributed by atoms with Gasteiger partial charge in [0.05, 0.1) is 0 Å². The standard InChI is InChI=1S/C7H5F2NO2.H3N/c8-4-1-3(7(10)12)2-5(9)6(4)11;/h1-2,11H,(H2,10,12);1H3. The minimum atomic E-state index is -1.20. The van der Waals surface area contributed by atoms with Gasteiger partial charge in [-0.2, -0.15) is 0 Å². The van der Waals surface area contributed by atoms with Crippen LogP contribution in [0.5, 0.6) is 5.75 Å². The number of phenols is 1. The average Bonchev–Trinajstić information content (AvgIpc) is 1.99. The Bertz CT molecular complexity index is 318. The topological polar surface area (TPSA) is 98.3 Å². The molecule has 0 radical (unpaired) electrons. The lowest BCUT2D eigenvalue weighted by Crippen LogP contribution is -2.11. The maximum Gasteiger partial charge on any atom is 0.248 e. The third-order valence-corrected chi connectivity index (χ3v) is 1.30. The predicted octanol–water partition coefficient (Wildman–Crippen LogP) is 0.931. The maximum atomic E-state index is 12.5. The van der Waals surface area contributed by atoms with Gasteiger partial charge in [-0.05, 0) is 12.1 Å². The van der Waals surface area contributed by atoms with E-state index in [9.17, 15) is 13.6 Å².